The lowest BCUT2D eigenvalue weighted by Crippen LogP contribution is -2.13. The normalized spacial score (nSPS) is 10.4. The highest BCUT2D eigenvalue weighted by atomic mass is 16.2. The Balaban J connectivity index is 1.47. The first kappa shape index (κ1) is 20.1. The number of hydrogen-bond acceptors (Lipinski definition) is 2. The van der Waals surface area contributed by atoms with Gasteiger partial charge in [0.15, 0.2) is 0 Å². The number of aryl methyl sites for hydroxylation is 1. The van der Waals surface area contributed by atoms with Crippen molar-refractivity contribution in [2.24, 2.45) is 0 Å². The van der Waals surface area contributed by atoms with E-state index in [1.807, 2.05) is 97.9 Å². The molecule has 0 aliphatic carbocycles. The molecule has 0 unspecified atom stereocenters. The molecule has 2 amide bonds. The van der Waals surface area contributed by atoms with Gasteiger partial charge in [-0.25, -0.2) is 0 Å². The molecule has 31 heavy (non-hydrogen) atoms. The molecule has 4 heteroatoms. The van der Waals surface area contributed by atoms with Gasteiger partial charge in [-0.15, -0.1) is 0 Å². The van der Waals surface area contributed by atoms with Crippen LogP contribution in [0.15, 0.2) is 103 Å². The minimum atomic E-state index is -0.146. The van der Waals surface area contributed by atoms with Crippen molar-refractivity contribution in [1.82, 2.24) is 0 Å². The number of anilines is 2. The van der Waals surface area contributed by atoms with Crippen LogP contribution in [0.3, 0.4) is 0 Å². The van der Waals surface area contributed by atoms with Gasteiger partial charge < -0.3 is 10.6 Å². The zero-order chi connectivity index (χ0) is 21.6. The molecule has 4 nitrogen and oxygen atoms in total. The Kier molecular flexibility index (Phi) is 5.90. The van der Waals surface area contributed by atoms with Gasteiger partial charge in [0, 0.05) is 22.5 Å². The van der Waals surface area contributed by atoms with E-state index in [4.69, 9.17) is 0 Å². The molecule has 4 rings (SSSR count). The van der Waals surface area contributed by atoms with Crippen LogP contribution in [0.5, 0.6) is 0 Å². The van der Waals surface area contributed by atoms with Crippen molar-refractivity contribution in [3.8, 4) is 11.1 Å². The molecule has 0 fully saturated rings. The van der Waals surface area contributed by atoms with Gasteiger partial charge in [0.1, 0.15) is 0 Å². The maximum Gasteiger partial charge on any atom is 0.255 e. The zero-order valence-electron chi connectivity index (χ0n) is 17.1. The van der Waals surface area contributed by atoms with Crippen LogP contribution in [0.25, 0.3) is 11.1 Å². The van der Waals surface area contributed by atoms with E-state index in [9.17, 15) is 9.59 Å². The van der Waals surface area contributed by atoms with Gasteiger partial charge in [0.2, 0.25) is 0 Å². The molecule has 2 N–H and O–H groups in total. The number of amides is 2. The fourth-order valence-electron chi connectivity index (χ4n) is 3.34. The van der Waals surface area contributed by atoms with Crippen molar-refractivity contribution < 1.29 is 9.59 Å². The fraction of sp³-hybridized carbons (Fsp3) is 0.0370. The molecular formula is C27H22N2O2. The Bertz CT molecular complexity index is 1220. The second-order valence-electron chi connectivity index (χ2n) is 7.25. The van der Waals surface area contributed by atoms with E-state index in [2.05, 4.69) is 10.6 Å². The van der Waals surface area contributed by atoms with Gasteiger partial charge in [0.05, 0.1) is 0 Å². The second kappa shape index (κ2) is 9.09. The quantitative estimate of drug-likeness (QED) is 0.417. The highest BCUT2D eigenvalue weighted by Crippen LogP contribution is 2.25. The lowest BCUT2D eigenvalue weighted by molar-refractivity contribution is 0.101. The third kappa shape index (κ3) is 4.87. The van der Waals surface area contributed by atoms with Gasteiger partial charge in [-0.3, -0.25) is 9.59 Å². The predicted octanol–water partition coefficient (Wildman–Crippen LogP) is 6.17. The summed E-state index contributed by atoms with van der Waals surface area (Å²) in [6.45, 7) is 1.92. The predicted molar refractivity (Wildman–Crippen MR) is 125 cm³/mol. The molecule has 0 radical (unpaired) electrons. The first-order valence-electron chi connectivity index (χ1n) is 10.0. The third-order valence-corrected chi connectivity index (χ3v) is 5.02. The molecule has 0 aliphatic rings. The minimum Gasteiger partial charge on any atom is -0.322 e. The first-order chi connectivity index (χ1) is 15.1. The molecule has 0 saturated heterocycles. The molecule has 0 aromatic heterocycles. The Hall–Kier alpha value is -4.18. The van der Waals surface area contributed by atoms with Gasteiger partial charge in [-0.05, 0) is 66.1 Å². The Morgan fingerprint density at radius 3 is 2.00 bits per heavy atom. The van der Waals surface area contributed by atoms with Gasteiger partial charge in [-0.2, -0.15) is 0 Å². The molecular weight excluding hydrogens is 384 g/mol. The van der Waals surface area contributed by atoms with Crippen LogP contribution in [0.4, 0.5) is 11.4 Å². The molecule has 0 aliphatic heterocycles. The van der Waals surface area contributed by atoms with Crippen LogP contribution >= 0.6 is 0 Å². The molecule has 0 atom stereocenters. The number of benzene rings is 4. The summed E-state index contributed by atoms with van der Waals surface area (Å²) in [5.41, 5.74) is 5.63. The number of hydrogen-bond donors (Lipinski definition) is 2. The lowest BCUT2D eigenvalue weighted by atomic mass is 10.0. The summed E-state index contributed by atoms with van der Waals surface area (Å²) in [5.74, 6) is -0.275. The standard InChI is InChI=1S/C27H22N2O2/c1-19-8-5-6-13-25(19)27(31)28-23-16-14-20(15-17-23)22-11-7-12-24(18-22)29-26(30)21-9-3-2-4-10-21/h2-18H,1H3,(H,28,31)(H,29,30). The smallest absolute Gasteiger partial charge is 0.255 e. The van der Waals surface area contributed by atoms with Crippen LogP contribution in [-0.4, -0.2) is 11.8 Å². The van der Waals surface area contributed by atoms with Crippen molar-refractivity contribution >= 4 is 23.2 Å². The maximum absolute atomic E-state index is 12.5. The van der Waals surface area contributed by atoms with E-state index >= 15 is 0 Å². The highest BCUT2D eigenvalue weighted by Gasteiger charge is 2.09. The Labute approximate surface area is 181 Å². The molecule has 0 bridgehead atoms. The van der Waals surface area contributed by atoms with Crippen LogP contribution in [-0.2, 0) is 0 Å². The van der Waals surface area contributed by atoms with Crippen molar-refractivity contribution in [3.05, 3.63) is 120 Å². The average Bonchev–Trinajstić information content (AvgIpc) is 2.80. The summed E-state index contributed by atoms with van der Waals surface area (Å²) >= 11 is 0. The first-order valence-corrected chi connectivity index (χ1v) is 10.0. The van der Waals surface area contributed by atoms with Crippen LogP contribution < -0.4 is 10.6 Å². The molecule has 152 valence electrons. The summed E-state index contributed by atoms with van der Waals surface area (Å²) in [7, 11) is 0. The largest absolute Gasteiger partial charge is 0.322 e. The van der Waals surface area contributed by atoms with E-state index in [-0.39, 0.29) is 11.8 Å². The fourth-order valence-corrected chi connectivity index (χ4v) is 3.34. The minimum absolute atomic E-state index is 0.128. The maximum atomic E-state index is 12.5. The van der Waals surface area contributed by atoms with Crippen LogP contribution in [0, 0.1) is 6.92 Å². The SMILES string of the molecule is Cc1ccccc1C(=O)Nc1ccc(-c2cccc(NC(=O)c3ccccc3)c2)cc1. The van der Waals surface area contributed by atoms with Gasteiger partial charge >= 0.3 is 0 Å². The van der Waals surface area contributed by atoms with Crippen LogP contribution in [0.2, 0.25) is 0 Å². The highest BCUT2D eigenvalue weighted by molar-refractivity contribution is 6.05. The van der Waals surface area contributed by atoms with E-state index in [1.54, 1.807) is 12.1 Å². The van der Waals surface area contributed by atoms with Crippen molar-refractivity contribution in [1.29, 1.82) is 0 Å². The Morgan fingerprint density at radius 2 is 1.26 bits per heavy atom. The summed E-state index contributed by atoms with van der Waals surface area (Å²) < 4.78 is 0. The topological polar surface area (TPSA) is 58.2 Å². The number of carbonyl (C=O) groups excluding carboxylic acids is 2. The molecule has 4 aromatic carbocycles. The molecule has 0 heterocycles. The third-order valence-electron chi connectivity index (χ3n) is 5.02. The van der Waals surface area contributed by atoms with Crippen molar-refractivity contribution in [2.45, 2.75) is 6.92 Å². The summed E-state index contributed by atoms with van der Waals surface area (Å²) in [5, 5.41) is 5.87. The summed E-state index contributed by atoms with van der Waals surface area (Å²) in [6.07, 6.45) is 0. The summed E-state index contributed by atoms with van der Waals surface area (Å²) in [6, 6.07) is 32.0. The zero-order valence-corrected chi connectivity index (χ0v) is 17.1. The van der Waals surface area contributed by atoms with Gasteiger partial charge in [-0.1, -0.05) is 60.7 Å². The van der Waals surface area contributed by atoms with Gasteiger partial charge in [0.25, 0.3) is 11.8 Å². The number of nitrogens with one attached hydrogen (secondary N) is 2. The van der Waals surface area contributed by atoms with Crippen molar-refractivity contribution in [3.63, 3.8) is 0 Å². The number of carbonyl (C=O) groups is 2. The lowest BCUT2D eigenvalue weighted by Gasteiger charge is -2.10. The van der Waals surface area contributed by atoms with E-state index < -0.39 is 0 Å². The van der Waals surface area contributed by atoms with Crippen LogP contribution in [0.1, 0.15) is 26.3 Å². The van der Waals surface area contributed by atoms with E-state index in [0.29, 0.717) is 11.1 Å². The van der Waals surface area contributed by atoms with E-state index in [1.165, 1.54) is 0 Å². The Morgan fingerprint density at radius 1 is 0.581 bits per heavy atom. The summed E-state index contributed by atoms with van der Waals surface area (Å²) in [4.78, 5) is 24.9. The molecule has 0 spiro atoms. The molecule has 0 saturated carbocycles. The van der Waals surface area contributed by atoms with E-state index in [0.717, 1.165) is 28.1 Å². The monoisotopic (exact) mass is 406 g/mol. The van der Waals surface area contributed by atoms with Crippen molar-refractivity contribution in [2.75, 3.05) is 10.6 Å². The average molecular weight is 406 g/mol. The molecule has 4 aromatic rings. The number of rotatable bonds is 5. The second-order valence-corrected chi connectivity index (χ2v) is 7.25.